The molecule has 1 aromatic carbocycles. The fraction of sp³-hybridized carbons (Fsp3) is 0.500. The summed E-state index contributed by atoms with van der Waals surface area (Å²) in [4.78, 5) is 11.8. The van der Waals surface area contributed by atoms with Gasteiger partial charge in [-0.1, -0.05) is 25.4 Å². The van der Waals surface area contributed by atoms with Gasteiger partial charge < -0.3 is 14.8 Å². The van der Waals surface area contributed by atoms with Gasteiger partial charge in [0, 0.05) is 18.6 Å². The Morgan fingerprint density at radius 3 is 2.37 bits per heavy atom. The van der Waals surface area contributed by atoms with E-state index in [-0.39, 0.29) is 5.91 Å². The highest BCUT2D eigenvalue weighted by molar-refractivity contribution is 6.34. The van der Waals surface area contributed by atoms with Crippen LogP contribution in [0.15, 0.2) is 12.1 Å². The molecule has 0 spiro atoms. The zero-order valence-corrected chi connectivity index (χ0v) is 12.5. The van der Waals surface area contributed by atoms with Gasteiger partial charge in [0.1, 0.15) is 0 Å². The van der Waals surface area contributed by atoms with Crippen LogP contribution >= 0.6 is 11.6 Å². The minimum Gasteiger partial charge on any atom is -0.493 e. The van der Waals surface area contributed by atoms with Gasteiger partial charge in [0.25, 0.3) is 0 Å². The summed E-state index contributed by atoms with van der Waals surface area (Å²) in [5.41, 5.74) is 0.535. The molecule has 0 aliphatic rings. The lowest BCUT2D eigenvalue weighted by Crippen LogP contribution is -2.12. The number of anilines is 1. The van der Waals surface area contributed by atoms with E-state index in [2.05, 4.69) is 19.2 Å². The number of nitrogens with one attached hydrogen (secondary N) is 1. The van der Waals surface area contributed by atoms with Crippen molar-refractivity contribution in [2.75, 3.05) is 19.5 Å². The maximum Gasteiger partial charge on any atom is 0.224 e. The van der Waals surface area contributed by atoms with Crippen LogP contribution in [-0.4, -0.2) is 20.1 Å². The minimum atomic E-state index is -0.0529. The average Bonchev–Trinajstić information content (AvgIpc) is 2.38. The van der Waals surface area contributed by atoms with Gasteiger partial charge in [-0.25, -0.2) is 0 Å². The van der Waals surface area contributed by atoms with Crippen molar-refractivity contribution in [3.05, 3.63) is 17.2 Å². The van der Waals surface area contributed by atoms with Crippen molar-refractivity contribution in [3.8, 4) is 11.5 Å². The highest BCUT2D eigenvalue weighted by Crippen LogP contribution is 2.36. The van der Waals surface area contributed by atoms with Crippen LogP contribution in [0.1, 0.15) is 26.7 Å². The smallest absolute Gasteiger partial charge is 0.224 e. The van der Waals surface area contributed by atoms with Gasteiger partial charge >= 0.3 is 0 Å². The van der Waals surface area contributed by atoms with E-state index in [0.29, 0.717) is 34.5 Å². The maximum absolute atomic E-state index is 11.8. The molecule has 0 saturated carbocycles. The lowest BCUT2D eigenvalue weighted by molar-refractivity contribution is -0.116. The predicted octanol–water partition coefficient (Wildman–Crippen LogP) is 3.73. The molecule has 0 fully saturated rings. The zero-order valence-electron chi connectivity index (χ0n) is 11.7. The lowest BCUT2D eigenvalue weighted by atomic mass is 10.1. The highest BCUT2D eigenvalue weighted by Gasteiger charge is 2.12. The summed E-state index contributed by atoms with van der Waals surface area (Å²) in [5.74, 6) is 1.51. The molecule has 4 nitrogen and oxygen atoms in total. The molecule has 1 rings (SSSR count). The van der Waals surface area contributed by atoms with Gasteiger partial charge in [-0.15, -0.1) is 0 Å². The Labute approximate surface area is 119 Å². The van der Waals surface area contributed by atoms with Crippen molar-refractivity contribution in [1.82, 2.24) is 0 Å². The Balaban J connectivity index is 2.80. The third-order valence-corrected chi connectivity index (χ3v) is 3.01. The first-order chi connectivity index (χ1) is 8.97. The number of rotatable bonds is 6. The first-order valence-electron chi connectivity index (χ1n) is 6.19. The monoisotopic (exact) mass is 285 g/mol. The van der Waals surface area contributed by atoms with Gasteiger partial charge in [0.05, 0.1) is 24.9 Å². The molecule has 1 aromatic rings. The van der Waals surface area contributed by atoms with Gasteiger partial charge in [-0.2, -0.15) is 0 Å². The van der Waals surface area contributed by atoms with Gasteiger partial charge in [-0.05, 0) is 12.3 Å². The molecule has 0 heterocycles. The fourth-order valence-corrected chi connectivity index (χ4v) is 1.78. The van der Waals surface area contributed by atoms with Crippen molar-refractivity contribution in [2.24, 2.45) is 5.92 Å². The van der Waals surface area contributed by atoms with Crippen LogP contribution in [0.4, 0.5) is 5.69 Å². The van der Waals surface area contributed by atoms with Crippen molar-refractivity contribution in [2.45, 2.75) is 26.7 Å². The van der Waals surface area contributed by atoms with Crippen molar-refractivity contribution >= 4 is 23.2 Å². The first-order valence-corrected chi connectivity index (χ1v) is 6.57. The molecule has 5 heteroatoms. The van der Waals surface area contributed by atoms with E-state index >= 15 is 0 Å². The first kappa shape index (κ1) is 15.6. The van der Waals surface area contributed by atoms with E-state index < -0.39 is 0 Å². The lowest BCUT2D eigenvalue weighted by Gasteiger charge is -2.13. The average molecular weight is 286 g/mol. The van der Waals surface area contributed by atoms with Gasteiger partial charge in [0.2, 0.25) is 5.91 Å². The van der Waals surface area contributed by atoms with E-state index in [1.54, 1.807) is 12.1 Å². The Hall–Kier alpha value is -1.42. The number of methoxy groups -OCH3 is 2. The molecule has 1 N–H and O–H groups in total. The normalized spacial score (nSPS) is 10.4. The number of hydrogen-bond acceptors (Lipinski definition) is 3. The van der Waals surface area contributed by atoms with Gasteiger partial charge in [0.15, 0.2) is 11.5 Å². The van der Waals surface area contributed by atoms with Crippen LogP contribution in [0.2, 0.25) is 5.02 Å². The summed E-state index contributed by atoms with van der Waals surface area (Å²) in [5, 5.41) is 3.21. The molecule has 0 atom stereocenters. The third-order valence-electron chi connectivity index (χ3n) is 2.70. The summed E-state index contributed by atoms with van der Waals surface area (Å²) in [6.07, 6.45) is 1.32. The molecule has 1 amide bonds. The molecule has 0 unspecified atom stereocenters. The van der Waals surface area contributed by atoms with Crippen LogP contribution < -0.4 is 14.8 Å². The molecule has 19 heavy (non-hydrogen) atoms. The largest absolute Gasteiger partial charge is 0.493 e. The number of amides is 1. The molecule has 0 radical (unpaired) electrons. The Morgan fingerprint density at radius 1 is 1.26 bits per heavy atom. The summed E-state index contributed by atoms with van der Waals surface area (Å²) in [6, 6.07) is 3.28. The van der Waals surface area contributed by atoms with Crippen LogP contribution in [0.5, 0.6) is 11.5 Å². The maximum atomic E-state index is 11.8. The molecule has 0 aliphatic heterocycles. The van der Waals surface area contributed by atoms with Crippen molar-refractivity contribution in [3.63, 3.8) is 0 Å². The van der Waals surface area contributed by atoms with E-state index in [0.717, 1.165) is 6.42 Å². The van der Waals surface area contributed by atoms with Crippen LogP contribution in [0, 0.1) is 5.92 Å². The molecule has 106 valence electrons. The number of ether oxygens (including phenoxy) is 2. The Bertz CT molecular complexity index is 447. The molecule has 0 saturated heterocycles. The molecule has 0 aliphatic carbocycles. The number of carbonyl (C=O) groups excluding carboxylic acids is 1. The topological polar surface area (TPSA) is 47.6 Å². The van der Waals surface area contributed by atoms with E-state index in [4.69, 9.17) is 21.1 Å². The van der Waals surface area contributed by atoms with E-state index in [9.17, 15) is 4.79 Å². The Morgan fingerprint density at radius 2 is 1.84 bits per heavy atom. The third kappa shape index (κ3) is 4.63. The summed E-state index contributed by atoms with van der Waals surface area (Å²) in [6.45, 7) is 4.16. The minimum absolute atomic E-state index is 0.0529. The number of benzene rings is 1. The second kappa shape index (κ2) is 7.24. The Kier molecular flexibility index (Phi) is 5.96. The quantitative estimate of drug-likeness (QED) is 0.866. The summed E-state index contributed by atoms with van der Waals surface area (Å²) < 4.78 is 10.3. The summed E-state index contributed by atoms with van der Waals surface area (Å²) >= 11 is 6.09. The standard InChI is InChI=1S/C14H20ClNO3/c1-9(2)5-6-14(17)16-11-8-13(19-4)12(18-3)7-10(11)15/h7-9H,5-6H2,1-4H3,(H,16,17). The van der Waals surface area contributed by atoms with Crippen LogP contribution in [0.25, 0.3) is 0 Å². The molecule has 0 bridgehead atoms. The second-order valence-electron chi connectivity index (χ2n) is 4.67. The predicted molar refractivity (Wildman–Crippen MR) is 77.3 cm³/mol. The second-order valence-corrected chi connectivity index (χ2v) is 5.07. The fourth-order valence-electron chi connectivity index (χ4n) is 1.58. The number of halogens is 1. The highest BCUT2D eigenvalue weighted by atomic mass is 35.5. The van der Waals surface area contributed by atoms with Crippen LogP contribution in [0.3, 0.4) is 0 Å². The molecular formula is C14H20ClNO3. The number of carbonyl (C=O) groups is 1. The van der Waals surface area contributed by atoms with Crippen molar-refractivity contribution in [1.29, 1.82) is 0 Å². The SMILES string of the molecule is COc1cc(Cl)c(NC(=O)CCC(C)C)cc1OC. The van der Waals surface area contributed by atoms with Crippen LogP contribution in [-0.2, 0) is 4.79 Å². The molecular weight excluding hydrogens is 266 g/mol. The number of hydrogen-bond donors (Lipinski definition) is 1. The summed E-state index contributed by atoms with van der Waals surface area (Å²) in [7, 11) is 3.07. The van der Waals surface area contributed by atoms with E-state index in [1.807, 2.05) is 0 Å². The molecule has 0 aromatic heterocycles. The van der Waals surface area contributed by atoms with E-state index in [1.165, 1.54) is 14.2 Å². The zero-order chi connectivity index (χ0) is 14.4. The van der Waals surface area contributed by atoms with Gasteiger partial charge in [-0.3, -0.25) is 4.79 Å². The van der Waals surface area contributed by atoms with Crippen molar-refractivity contribution < 1.29 is 14.3 Å².